The first-order valence-corrected chi connectivity index (χ1v) is 8.85. The van der Waals surface area contributed by atoms with Crippen LogP contribution in [0.1, 0.15) is 18.2 Å². The molecule has 0 bridgehead atoms. The second-order valence-electron chi connectivity index (χ2n) is 5.84. The summed E-state index contributed by atoms with van der Waals surface area (Å²) in [5, 5.41) is 12.8. The van der Waals surface area contributed by atoms with Crippen molar-refractivity contribution in [3.63, 3.8) is 0 Å². The van der Waals surface area contributed by atoms with Gasteiger partial charge in [-0.25, -0.2) is 0 Å². The number of benzene rings is 2. The summed E-state index contributed by atoms with van der Waals surface area (Å²) in [6.07, 6.45) is 2.22. The normalized spacial score (nSPS) is 11.1. The second-order valence-corrected chi connectivity index (χ2v) is 6.28. The molecule has 0 spiro atoms. The number of rotatable bonds is 5. The molecule has 0 unspecified atom stereocenters. The first-order chi connectivity index (χ1) is 13.1. The molecular formula is C22H17ClN2O2. The molecule has 3 rings (SSSR count). The van der Waals surface area contributed by atoms with E-state index in [0.29, 0.717) is 22.2 Å². The quantitative estimate of drug-likeness (QED) is 0.458. The van der Waals surface area contributed by atoms with E-state index in [2.05, 4.69) is 5.32 Å². The molecule has 4 nitrogen and oxygen atoms in total. The SMILES string of the molecule is CCc1ccccc1NC(=O)/C(C#N)=C/c1ccc(-c2ccc(Cl)cc2)o1. The predicted molar refractivity (Wildman–Crippen MR) is 107 cm³/mol. The van der Waals surface area contributed by atoms with Crippen molar-refractivity contribution in [1.82, 2.24) is 0 Å². The summed E-state index contributed by atoms with van der Waals surface area (Å²) in [4.78, 5) is 12.5. The molecule has 2 aromatic carbocycles. The maximum Gasteiger partial charge on any atom is 0.266 e. The van der Waals surface area contributed by atoms with Crippen molar-refractivity contribution in [1.29, 1.82) is 5.26 Å². The van der Waals surface area contributed by atoms with Crippen molar-refractivity contribution in [3.05, 3.63) is 82.6 Å². The van der Waals surface area contributed by atoms with Crippen LogP contribution in [-0.2, 0) is 11.2 Å². The van der Waals surface area contributed by atoms with Gasteiger partial charge in [-0.05, 0) is 54.4 Å². The lowest BCUT2D eigenvalue weighted by Gasteiger charge is -2.08. The summed E-state index contributed by atoms with van der Waals surface area (Å²) >= 11 is 5.89. The summed E-state index contributed by atoms with van der Waals surface area (Å²) in [6, 6.07) is 20.2. The Morgan fingerprint density at radius 1 is 1.15 bits per heavy atom. The van der Waals surface area contributed by atoms with Crippen molar-refractivity contribution in [2.24, 2.45) is 0 Å². The molecule has 0 aliphatic rings. The number of nitriles is 1. The smallest absolute Gasteiger partial charge is 0.266 e. The monoisotopic (exact) mass is 376 g/mol. The second kappa shape index (κ2) is 8.39. The molecule has 0 saturated carbocycles. The van der Waals surface area contributed by atoms with E-state index in [9.17, 15) is 10.1 Å². The fraction of sp³-hybridized carbons (Fsp3) is 0.0909. The topological polar surface area (TPSA) is 66.0 Å². The molecule has 27 heavy (non-hydrogen) atoms. The molecule has 0 atom stereocenters. The van der Waals surface area contributed by atoms with Gasteiger partial charge in [-0.15, -0.1) is 0 Å². The van der Waals surface area contributed by atoms with Crippen LogP contribution in [0.4, 0.5) is 5.69 Å². The van der Waals surface area contributed by atoms with E-state index in [1.165, 1.54) is 6.08 Å². The van der Waals surface area contributed by atoms with Gasteiger partial charge in [-0.2, -0.15) is 5.26 Å². The number of carbonyl (C=O) groups is 1. The molecule has 0 saturated heterocycles. The van der Waals surface area contributed by atoms with Crippen LogP contribution in [0.2, 0.25) is 5.02 Å². The fourth-order valence-corrected chi connectivity index (χ4v) is 2.76. The number of carbonyl (C=O) groups excluding carboxylic acids is 1. The Morgan fingerprint density at radius 3 is 2.59 bits per heavy atom. The standard InChI is InChI=1S/C22H17ClN2O2/c1-2-15-5-3-4-6-20(15)25-22(26)17(14-24)13-19-11-12-21(27-19)16-7-9-18(23)10-8-16/h3-13H,2H2,1H3,(H,25,26)/b17-13+. The van der Waals surface area contributed by atoms with Crippen molar-refractivity contribution in [2.75, 3.05) is 5.32 Å². The van der Waals surface area contributed by atoms with E-state index in [1.807, 2.05) is 49.4 Å². The summed E-state index contributed by atoms with van der Waals surface area (Å²) < 4.78 is 5.74. The lowest BCUT2D eigenvalue weighted by atomic mass is 10.1. The van der Waals surface area contributed by atoms with Crippen LogP contribution >= 0.6 is 11.6 Å². The first kappa shape index (κ1) is 18.5. The number of hydrogen-bond donors (Lipinski definition) is 1. The van der Waals surface area contributed by atoms with Crippen molar-refractivity contribution in [3.8, 4) is 17.4 Å². The Hall–Kier alpha value is -3.29. The van der Waals surface area contributed by atoms with Gasteiger partial charge in [-0.1, -0.05) is 36.7 Å². The zero-order chi connectivity index (χ0) is 19.2. The van der Waals surface area contributed by atoms with E-state index < -0.39 is 5.91 Å². The van der Waals surface area contributed by atoms with E-state index in [0.717, 1.165) is 17.5 Å². The summed E-state index contributed by atoms with van der Waals surface area (Å²) in [5.74, 6) is 0.588. The van der Waals surface area contributed by atoms with Crippen molar-refractivity contribution in [2.45, 2.75) is 13.3 Å². The van der Waals surface area contributed by atoms with E-state index in [1.54, 1.807) is 24.3 Å². The van der Waals surface area contributed by atoms with Crippen LogP contribution in [0, 0.1) is 11.3 Å². The van der Waals surface area contributed by atoms with E-state index in [4.69, 9.17) is 16.0 Å². The molecule has 1 heterocycles. The van der Waals surface area contributed by atoms with Gasteiger partial charge in [0.25, 0.3) is 5.91 Å². The minimum atomic E-state index is -0.470. The highest BCUT2D eigenvalue weighted by Crippen LogP contribution is 2.25. The van der Waals surface area contributed by atoms with Gasteiger partial charge in [-0.3, -0.25) is 4.79 Å². The molecule has 0 aliphatic heterocycles. The minimum Gasteiger partial charge on any atom is -0.457 e. The highest BCUT2D eigenvalue weighted by atomic mass is 35.5. The van der Waals surface area contributed by atoms with Crippen LogP contribution in [0.15, 0.2) is 70.7 Å². The Morgan fingerprint density at radius 2 is 1.89 bits per heavy atom. The number of para-hydroxylation sites is 1. The summed E-state index contributed by atoms with van der Waals surface area (Å²) in [7, 11) is 0. The zero-order valence-corrected chi connectivity index (χ0v) is 15.5. The molecule has 1 amide bonds. The van der Waals surface area contributed by atoms with Gasteiger partial charge >= 0.3 is 0 Å². The molecular weight excluding hydrogens is 360 g/mol. The summed E-state index contributed by atoms with van der Waals surface area (Å²) in [6.45, 7) is 2.01. The van der Waals surface area contributed by atoms with Crippen LogP contribution in [0.3, 0.4) is 0 Å². The number of anilines is 1. The highest BCUT2D eigenvalue weighted by molar-refractivity contribution is 6.30. The molecule has 5 heteroatoms. The number of nitrogens with zero attached hydrogens (tertiary/aromatic N) is 1. The molecule has 0 aliphatic carbocycles. The van der Waals surface area contributed by atoms with Crippen LogP contribution in [0.5, 0.6) is 0 Å². The number of hydrogen-bond acceptors (Lipinski definition) is 3. The van der Waals surface area contributed by atoms with Crippen LogP contribution in [-0.4, -0.2) is 5.91 Å². The zero-order valence-electron chi connectivity index (χ0n) is 14.7. The van der Waals surface area contributed by atoms with E-state index >= 15 is 0 Å². The van der Waals surface area contributed by atoms with Gasteiger partial charge in [0.1, 0.15) is 23.2 Å². The number of nitrogens with one attached hydrogen (secondary N) is 1. The highest BCUT2D eigenvalue weighted by Gasteiger charge is 2.13. The summed E-state index contributed by atoms with van der Waals surface area (Å²) in [5.41, 5.74) is 2.54. The Kier molecular flexibility index (Phi) is 5.75. The van der Waals surface area contributed by atoms with Gasteiger partial charge in [0.2, 0.25) is 0 Å². The third kappa shape index (κ3) is 4.46. The third-order valence-corrected chi connectivity index (χ3v) is 4.31. The maximum atomic E-state index is 12.5. The van der Waals surface area contributed by atoms with Gasteiger partial charge < -0.3 is 9.73 Å². The van der Waals surface area contributed by atoms with Gasteiger partial charge in [0.15, 0.2) is 0 Å². The number of furan rings is 1. The molecule has 1 N–H and O–H groups in total. The number of halogens is 1. The molecule has 0 radical (unpaired) electrons. The minimum absolute atomic E-state index is 0.0297. The van der Waals surface area contributed by atoms with Crippen molar-refractivity contribution >= 4 is 29.3 Å². The van der Waals surface area contributed by atoms with E-state index in [-0.39, 0.29) is 5.57 Å². The average molecular weight is 377 g/mol. The molecule has 0 fully saturated rings. The first-order valence-electron chi connectivity index (χ1n) is 8.47. The number of amides is 1. The van der Waals surface area contributed by atoms with Crippen molar-refractivity contribution < 1.29 is 9.21 Å². The van der Waals surface area contributed by atoms with Gasteiger partial charge in [0.05, 0.1) is 0 Å². The largest absolute Gasteiger partial charge is 0.457 e. The Bertz CT molecular complexity index is 1030. The molecule has 134 valence electrons. The molecule has 3 aromatic rings. The van der Waals surface area contributed by atoms with Gasteiger partial charge in [0, 0.05) is 22.3 Å². The fourth-order valence-electron chi connectivity index (χ4n) is 2.63. The third-order valence-electron chi connectivity index (χ3n) is 4.05. The lowest BCUT2D eigenvalue weighted by molar-refractivity contribution is -0.112. The van der Waals surface area contributed by atoms with Crippen LogP contribution in [0.25, 0.3) is 17.4 Å². The lowest BCUT2D eigenvalue weighted by Crippen LogP contribution is -2.14. The Balaban J connectivity index is 1.81. The molecule has 1 aromatic heterocycles. The maximum absolute atomic E-state index is 12.5. The predicted octanol–water partition coefficient (Wildman–Crippen LogP) is 5.71. The Labute approximate surface area is 162 Å². The van der Waals surface area contributed by atoms with Crippen LogP contribution < -0.4 is 5.32 Å². The number of aryl methyl sites for hydroxylation is 1. The average Bonchev–Trinajstić information content (AvgIpc) is 3.15.